The van der Waals surface area contributed by atoms with Crippen LogP contribution in [0.5, 0.6) is 0 Å². The monoisotopic (exact) mass is 344 g/mol. The van der Waals surface area contributed by atoms with Gasteiger partial charge in [-0.15, -0.1) is 0 Å². The maximum Gasteiger partial charge on any atom is 0.226 e. The van der Waals surface area contributed by atoms with Gasteiger partial charge in [0.15, 0.2) is 0 Å². The summed E-state index contributed by atoms with van der Waals surface area (Å²) in [4.78, 5) is 14.7. The lowest BCUT2D eigenvalue weighted by Gasteiger charge is -2.31. The Hall–Kier alpha value is -1.74. The molecule has 0 atom stereocenters. The van der Waals surface area contributed by atoms with Crippen LogP contribution in [-0.2, 0) is 17.9 Å². The molecule has 4 heteroatoms. The molecule has 0 aliphatic heterocycles. The number of hydrogen-bond acceptors (Lipinski definition) is 1. The van der Waals surface area contributed by atoms with Gasteiger partial charge in [-0.3, -0.25) is 4.79 Å². The second-order valence-corrected chi connectivity index (χ2v) is 7.01. The topological polar surface area (TPSA) is 25.2 Å². The number of benzene rings is 1. The van der Waals surface area contributed by atoms with Gasteiger partial charge in [0.1, 0.15) is 0 Å². The summed E-state index contributed by atoms with van der Waals surface area (Å²) in [5.74, 6) is 0.581. The van der Waals surface area contributed by atoms with E-state index in [1.807, 2.05) is 29.2 Å². The molecule has 24 heavy (non-hydrogen) atoms. The largest absolute Gasteiger partial charge is 0.345 e. The number of aromatic nitrogens is 1. The highest BCUT2D eigenvalue weighted by molar-refractivity contribution is 6.31. The summed E-state index contributed by atoms with van der Waals surface area (Å²) in [5, 5.41) is 0.785. The van der Waals surface area contributed by atoms with Gasteiger partial charge in [0, 0.05) is 35.9 Å². The lowest BCUT2D eigenvalue weighted by Crippen LogP contribution is -2.39. The Labute approximate surface area is 149 Å². The predicted molar refractivity (Wildman–Crippen MR) is 98.0 cm³/mol. The Morgan fingerprint density at radius 2 is 2.04 bits per heavy atom. The van der Waals surface area contributed by atoms with Gasteiger partial charge in [0.2, 0.25) is 5.91 Å². The Bertz CT molecular complexity index is 690. The molecule has 1 aromatic heterocycles. The van der Waals surface area contributed by atoms with Crippen LogP contribution < -0.4 is 0 Å². The van der Waals surface area contributed by atoms with Crippen LogP contribution in [0, 0.1) is 5.92 Å². The second-order valence-electron chi connectivity index (χ2n) is 6.61. The van der Waals surface area contributed by atoms with E-state index in [4.69, 9.17) is 11.6 Å². The van der Waals surface area contributed by atoms with Gasteiger partial charge in [-0.1, -0.05) is 43.1 Å². The van der Waals surface area contributed by atoms with Gasteiger partial charge in [0.05, 0.1) is 6.54 Å². The molecule has 1 aliphatic carbocycles. The molecule has 0 bridgehead atoms. The van der Waals surface area contributed by atoms with Crippen LogP contribution in [-0.4, -0.2) is 21.9 Å². The lowest BCUT2D eigenvalue weighted by molar-refractivity contribution is -0.138. The smallest absolute Gasteiger partial charge is 0.226 e. The third-order valence-corrected chi connectivity index (χ3v) is 5.20. The molecule has 1 amide bonds. The summed E-state index contributed by atoms with van der Waals surface area (Å²) in [5.41, 5.74) is 2.26. The van der Waals surface area contributed by atoms with Gasteiger partial charge in [-0.05, 0) is 43.0 Å². The first-order valence-corrected chi connectivity index (χ1v) is 9.23. The molecular formula is C20H25ClN2O. The van der Waals surface area contributed by atoms with Crippen molar-refractivity contribution >= 4 is 17.5 Å². The minimum absolute atomic E-state index is 0.253. The molecule has 1 fully saturated rings. The Morgan fingerprint density at radius 1 is 1.25 bits per heavy atom. The molecule has 0 unspecified atom stereocenters. The summed E-state index contributed by atoms with van der Waals surface area (Å²) in [6.45, 7) is 4.37. The highest BCUT2D eigenvalue weighted by Gasteiger charge is 2.29. The zero-order valence-corrected chi connectivity index (χ0v) is 15.0. The standard InChI is InChI=1S/C20H25ClN2O/c1-2-12-23(20(24)16-8-5-9-16)15-18-10-6-13-22(18)14-17-7-3-4-11-19(17)21/h3-4,6-7,10-11,13,16H,2,5,8-9,12,14-15H2,1H3. The highest BCUT2D eigenvalue weighted by Crippen LogP contribution is 2.29. The van der Waals surface area contributed by atoms with Crippen molar-refractivity contribution in [3.05, 3.63) is 58.9 Å². The number of hydrogen-bond donors (Lipinski definition) is 0. The lowest BCUT2D eigenvalue weighted by atomic mass is 9.84. The van der Waals surface area contributed by atoms with E-state index in [-0.39, 0.29) is 5.92 Å². The van der Waals surface area contributed by atoms with E-state index in [9.17, 15) is 4.79 Å². The first-order valence-electron chi connectivity index (χ1n) is 8.85. The van der Waals surface area contributed by atoms with Gasteiger partial charge in [-0.25, -0.2) is 0 Å². The van der Waals surface area contributed by atoms with Crippen molar-refractivity contribution in [2.45, 2.75) is 45.7 Å². The van der Waals surface area contributed by atoms with Gasteiger partial charge >= 0.3 is 0 Å². The molecule has 0 radical (unpaired) electrons. The molecular weight excluding hydrogens is 320 g/mol. The highest BCUT2D eigenvalue weighted by atomic mass is 35.5. The molecule has 128 valence electrons. The SMILES string of the molecule is CCCN(Cc1cccn1Cc1ccccc1Cl)C(=O)C1CCC1. The molecule has 1 saturated carbocycles. The second kappa shape index (κ2) is 7.89. The van der Waals surface area contributed by atoms with E-state index >= 15 is 0 Å². The summed E-state index contributed by atoms with van der Waals surface area (Å²) in [7, 11) is 0. The van der Waals surface area contributed by atoms with Crippen molar-refractivity contribution in [3.8, 4) is 0 Å². The molecule has 1 heterocycles. The van der Waals surface area contributed by atoms with Crippen LogP contribution in [0.15, 0.2) is 42.6 Å². The van der Waals surface area contributed by atoms with E-state index in [0.717, 1.165) is 48.6 Å². The van der Waals surface area contributed by atoms with Crippen LogP contribution in [0.4, 0.5) is 0 Å². The molecule has 3 nitrogen and oxygen atoms in total. The zero-order valence-electron chi connectivity index (χ0n) is 14.2. The van der Waals surface area contributed by atoms with Crippen LogP contribution >= 0.6 is 11.6 Å². The van der Waals surface area contributed by atoms with Crippen molar-refractivity contribution in [1.29, 1.82) is 0 Å². The number of carbonyl (C=O) groups excluding carboxylic acids is 1. The van der Waals surface area contributed by atoms with Crippen molar-refractivity contribution in [2.75, 3.05) is 6.54 Å². The summed E-state index contributed by atoms with van der Waals surface area (Å²) in [6.07, 6.45) is 6.36. The van der Waals surface area contributed by atoms with Crippen molar-refractivity contribution in [3.63, 3.8) is 0 Å². The number of nitrogens with zero attached hydrogens (tertiary/aromatic N) is 2. The molecule has 2 aromatic rings. The summed E-state index contributed by atoms with van der Waals surface area (Å²) in [6, 6.07) is 12.1. The number of amides is 1. The van der Waals surface area contributed by atoms with Crippen molar-refractivity contribution in [1.82, 2.24) is 9.47 Å². The fourth-order valence-electron chi connectivity index (χ4n) is 3.20. The van der Waals surface area contributed by atoms with Gasteiger partial charge in [0.25, 0.3) is 0 Å². The predicted octanol–water partition coefficient (Wildman–Crippen LogP) is 4.73. The van der Waals surface area contributed by atoms with Crippen LogP contribution in [0.25, 0.3) is 0 Å². The number of halogens is 1. The Morgan fingerprint density at radius 3 is 2.71 bits per heavy atom. The number of rotatable bonds is 7. The molecule has 3 rings (SSSR count). The zero-order chi connectivity index (χ0) is 16.9. The first kappa shape index (κ1) is 17.1. The maximum absolute atomic E-state index is 12.7. The van der Waals surface area contributed by atoms with Gasteiger partial charge < -0.3 is 9.47 Å². The number of carbonyl (C=O) groups is 1. The maximum atomic E-state index is 12.7. The molecule has 0 N–H and O–H groups in total. The summed E-state index contributed by atoms with van der Waals surface area (Å²) < 4.78 is 2.19. The van der Waals surface area contributed by atoms with E-state index in [0.29, 0.717) is 12.5 Å². The Kier molecular flexibility index (Phi) is 5.62. The average molecular weight is 345 g/mol. The van der Waals surface area contributed by atoms with E-state index in [2.05, 4.69) is 29.8 Å². The average Bonchev–Trinajstić information content (AvgIpc) is 2.94. The van der Waals surface area contributed by atoms with E-state index in [1.54, 1.807) is 0 Å². The summed E-state index contributed by atoms with van der Waals surface area (Å²) >= 11 is 6.29. The fraction of sp³-hybridized carbons (Fsp3) is 0.450. The van der Waals surface area contributed by atoms with Gasteiger partial charge in [-0.2, -0.15) is 0 Å². The van der Waals surface area contributed by atoms with Crippen LogP contribution in [0.2, 0.25) is 5.02 Å². The third-order valence-electron chi connectivity index (χ3n) is 4.83. The molecule has 0 spiro atoms. The Balaban J connectivity index is 1.73. The molecule has 0 saturated heterocycles. The normalized spacial score (nSPS) is 14.4. The van der Waals surface area contributed by atoms with Crippen molar-refractivity contribution in [2.24, 2.45) is 5.92 Å². The molecule has 1 aliphatic rings. The van der Waals surface area contributed by atoms with Crippen molar-refractivity contribution < 1.29 is 4.79 Å². The van der Waals surface area contributed by atoms with Crippen LogP contribution in [0.3, 0.4) is 0 Å². The minimum Gasteiger partial charge on any atom is -0.345 e. The first-order chi connectivity index (χ1) is 11.7. The van der Waals surface area contributed by atoms with E-state index < -0.39 is 0 Å². The van der Waals surface area contributed by atoms with E-state index in [1.165, 1.54) is 6.42 Å². The third kappa shape index (κ3) is 3.84. The van der Waals surface area contributed by atoms with Crippen LogP contribution in [0.1, 0.15) is 43.9 Å². The molecule has 1 aromatic carbocycles. The quantitative estimate of drug-likeness (QED) is 0.712. The fourth-order valence-corrected chi connectivity index (χ4v) is 3.40. The minimum atomic E-state index is 0.253.